The van der Waals surface area contributed by atoms with E-state index in [0.29, 0.717) is 31.6 Å². The van der Waals surface area contributed by atoms with Crippen LogP contribution < -0.4 is 5.73 Å². The lowest BCUT2D eigenvalue weighted by Gasteiger charge is -2.34. The van der Waals surface area contributed by atoms with E-state index in [1.165, 1.54) is 10.4 Å². The molecule has 1 aromatic carbocycles. The quantitative estimate of drug-likeness (QED) is 0.779. The maximum atomic E-state index is 12.3. The molecule has 0 saturated carbocycles. The minimum Gasteiger partial charge on any atom is -0.399 e. The Kier molecular flexibility index (Phi) is 3.35. The van der Waals surface area contributed by atoms with Crippen molar-refractivity contribution in [2.75, 3.05) is 18.8 Å². The highest BCUT2D eigenvalue weighted by Crippen LogP contribution is 2.26. The van der Waals surface area contributed by atoms with Crippen LogP contribution in [0.2, 0.25) is 0 Å². The lowest BCUT2D eigenvalue weighted by atomic mass is 9.95. The smallest absolute Gasteiger partial charge is 0.243 e. The van der Waals surface area contributed by atoms with Crippen molar-refractivity contribution in [3.8, 4) is 0 Å². The molecule has 1 aliphatic rings. The number of hydrogen-bond acceptors (Lipinski definition) is 4. The first kappa shape index (κ1) is 13.3. The Morgan fingerprint density at radius 2 is 1.94 bits per heavy atom. The van der Waals surface area contributed by atoms with Crippen LogP contribution in [0.1, 0.15) is 19.8 Å². The molecule has 5 nitrogen and oxygen atoms in total. The van der Waals surface area contributed by atoms with E-state index in [4.69, 9.17) is 5.73 Å². The Morgan fingerprint density at radius 1 is 1.33 bits per heavy atom. The Balaban J connectivity index is 2.23. The number of benzene rings is 1. The van der Waals surface area contributed by atoms with Crippen molar-refractivity contribution in [3.63, 3.8) is 0 Å². The molecule has 0 aromatic heterocycles. The van der Waals surface area contributed by atoms with Gasteiger partial charge in [-0.25, -0.2) is 8.42 Å². The normalized spacial score (nSPS) is 20.8. The van der Waals surface area contributed by atoms with E-state index in [1.807, 2.05) is 0 Å². The zero-order valence-corrected chi connectivity index (χ0v) is 11.2. The molecule has 6 heteroatoms. The van der Waals surface area contributed by atoms with E-state index in [0.717, 1.165) is 0 Å². The van der Waals surface area contributed by atoms with Gasteiger partial charge in [-0.05, 0) is 38.0 Å². The van der Waals surface area contributed by atoms with Gasteiger partial charge in [-0.3, -0.25) is 0 Å². The average Bonchev–Trinajstić information content (AvgIpc) is 2.28. The van der Waals surface area contributed by atoms with E-state index in [9.17, 15) is 13.5 Å². The summed E-state index contributed by atoms with van der Waals surface area (Å²) in [7, 11) is -3.49. The minimum atomic E-state index is -3.49. The summed E-state index contributed by atoms with van der Waals surface area (Å²) in [6.07, 6.45) is 0.906. The molecule has 1 aliphatic heterocycles. The van der Waals surface area contributed by atoms with Crippen molar-refractivity contribution in [2.45, 2.75) is 30.3 Å². The van der Waals surface area contributed by atoms with Gasteiger partial charge in [0.05, 0.1) is 10.5 Å². The standard InChI is InChI=1S/C12H18N2O3S/c1-12(15)5-7-14(8-6-12)18(16,17)11-4-2-3-10(13)9-11/h2-4,9,15H,5-8,13H2,1H3. The van der Waals surface area contributed by atoms with Crippen LogP contribution in [0.4, 0.5) is 5.69 Å². The summed E-state index contributed by atoms with van der Waals surface area (Å²) in [5.41, 5.74) is 5.27. The Morgan fingerprint density at radius 3 is 2.50 bits per heavy atom. The summed E-state index contributed by atoms with van der Waals surface area (Å²) in [4.78, 5) is 0.212. The molecular weight excluding hydrogens is 252 g/mol. The molecule has 1 saturated heterocycles. The van der Waals surface area contributed by atoms with Gasteiger partial charge in [0.1, 0.15) is 0 Å². The SMILES string of the molecule is CC1(O)CCN(S(=O)(=O)c2cccc(N)c2)CC1. The van der Waals surface area contributed by atoms with Crippen LogP contribution in [0.25, 0.3) is 0 Å². The van der Waals surface area contributed by atoms with E-state index < -0.39 is 15.6 Å². The summed E-state index contributed by atoms with van der Waals surface area (Å²) < 4.78 is 26.1. The fourth-order valence-electron chi connectivity index (χ4n) is 2.03. The van der Waals surface area contributed by atoms with Crippen LogP contribution in [0.5, 0.6) is 0 Å². The summed E-state index contributed by atoms with van der Waals surface area (Å²) in [5.74, 6) is 0. The third kappa shape index (κ3) is 2.66. The van der Waals surface area contributed by atoms with Crippen LogP contribution in [0.15, 0.2) is 29.2 Å². The minimum absolute atomic E-state index is 0.212. The predicted octanol–water partition coefficient (Wildman–Crippen LogP) is 0.804. The van der Waals surface area contributed by atoms with Gasteiger partial charge in [0.15, 0.2) is 0 Å². The monoisotopic (exact) mass is 270 g/mol. The van der Waals surface area contributed by atoms with Gasteiger partial charge in [0.25, 0.3) is 0 Å². The van der Waals surface area contributed by atoms with Crippen LogP contribution in [-0.4, -0.2) is 36.5 Å². The Labute approximate surface area is 107 Å². The summed E-state index contributed by atoms with van der Waals surface area (Å²) in [6.45, 7) is 2.41. The number of nitrogens with zero attached hydrogens (tertiary/aromatic N) is 1. The van der Waals surface area contributed by atoms with E-state index in [1.54, 1.807) is 25.1 Å². The largest absolute Gasteiger partial charge is 0.399 e. The van der Waals surface area contributed by atoms with Crippen molar-refractivity contribution in [1.29, 1.82) is 0 Å². The lowest BCUT2D eigenvalue weighted by Crippen LogP contribution is -2.45. The first-order valence-corrected chi connectivity index (χ1v) is 7.33. The van der Waals surface area contributed by atoms with Gasteiger partial charge in [0, 0.05) is 18.8 Å². The van der Waals surface area contributed by atoms with Crippen molar-refractivity contribution in [3.05, 3.63) is 24.3 Å². The third-order valence-corrected chi connectivity index (χ3v) is 5.19. The van der Waals surface area contributed by atoms with Gasteiger partial charge in [-0.1, -0.05) is 6.07 Å². The first-order valence-electron chi connectivity index (χ1n) is 5.89. The van der Waals surface area contributed by atoms with Gasteiger partial charge >= 0.3 is 0 Å². The summed E-state index contributed by atoms with van der Waals surface area (Å²) in [5, 5.41) is 9.83. The molecule has 0 aliphatic carbocycles. The second kappa shape index (κ2) is 4.53. The molecule has 1 fully saturated rings. The number of piperidine rings is 1. The molecule has 0 atom stereocenters. The number of anilines is 1. The highest BCUT2D eigenvalue weighted by atomic mass is 32.2. The number of sulfonamides is 1. The number of nitrogens with two attached hydrogens (primary N) is 1. The molecule has 1 aromatic rings. The van der Waals surface area contributed by atoms with Crippen molar-refractivity contribution in [1.82, 2.24) is 4.31 Å². The Bertz CT molecular complexity index is 530. The van der Waals surface area contributed by atoms with Gasteiger partial charge in [-0.2, -0.15) is 4.31 Å². The van der Waals surface area contributed by atoms with Crippen LogP contribution in [0, 0.1) is 0 Å². The zero-order valence-electron chi connectivity index (χ0n) is 10.3. The molecule has 0 amide bonds. The topological polar surface area (TPSA) is 83.6 Å². The zero-order chi connectivity index (χ0) is 13.4. The second-order valence-electron chi connectivity index (χ2n) is 4.97. The molecular formula is C12H18N2O3S. The first-order chi connectivity index (χ1) is 8.31. The number of nitrogen functional groups attached to an aromatic ring is 1. The van der Waals surface area contributed by atoms with Gasteiger partial charge in [-0.15, -0.1) is 0 Å². The fraction of sp³-hybridized carbons (Fsp3) is 0.500. The molecule has 0 radical (unpaired) electrons. The Hall–Kier alpha value is -1.11. The van der Waals surface area contributed by atoms with Crippen LogP contribution in [-0.2, 0) is 10.0 Å². The van der Waals surface area contributed by atoms with E-state index >= 15 is 0 Å². The molecule has 0 bridgehead atoms. The molecule has 3 N–H and O–H groups in total. The molecule has 18 heavy (non-hydrogen) atoms. The number of hydrogen-bond donors (Lipinski definition) is 2. The number of aliphatic hydroxyl groups is 1. The highest BCUT2D eigenvalue weighted by Gasteiger charge is 2.33. The van der Waals surface area contributed by atoms with Crippen molar-refractivity contribution in [2.24, 2.45) is 0 Å². The van der Waals surface area contributed by atoms with Crippen molar-refractivity contribution < 1.29 is 13.5 Å². The van der Waals surface area contributed by atoms with Gasteiger partial charge < -0.3 is 10.8 Å². The van der Waals surface area contributed by atoms with Crippen LogP contribution in [0.3, 0.4) is 0 Å². The fourth-order valence-corrected chi connectivity index (χ4v) is 3.53. The maximum absolute atomic E-state index is 12.3. The predicted molar refractivity (Wildman–Crippen MR) is 69.5 cm³/mol. The van der Waals surface area contributed by atoms with E-state index in [-0.39, 0.29) is 4.90 Å². The molecule has 0 spiro atoms. The number of rotatable bonds is 2. The second-order valence-corrected chi connectivity index (χ2v) is 6.91. The third-order valence-electron chi connectivity index (χ3n) is 3.30. The molecule has 2 rings (SSSR count). The summed E-state index contributed by atoms with van der Waals surface area (Å²) in [6, 6.07) is 6.28. The van der Waals surface area contributed by atoms with Gasteiger partial charge in [0.2, 0.25) is 10.0 Å². The summed E-state index contributed by atoms with van der Waals surface area (Å²) >= 11 is 0. The maximum Gasteiger partial charge on any atom is 0.243 e. The average molecular weight is 270 g/mol. The van der Waals surface area contributed by atoms with E-state index in [2.05, 4.69) is 0 Å². The van der Waals surface area contributed by atoms with Crippen molar-refractivity contribution >= 4 is 15.7 Å². The molecule has 100 valence electrons. The highest BCUT2D eigenvalue weighted by molar-refractivity contribution is 7.89. The molecule has 1 heterocycles. The molecule has 0 unspecified atom stereocenters. The van der Waals surface area contributed by atoms with Crippen LogP contribution >= 0.6 is 0 Å². The lowest BCUT2D eigenvalue weighted by molar-refractivity contribution is 0.0126.